The molecule has 17 heavy (non-hydrogen) atoms. The number of benzene rings is 1. The highest BCUT2D eigenvalue weighted by atomic mass is 15.1. The van der Waals surface area contributed by atoms with Gasteiger partial charge in [-0.05, 0) is 33.0 Å². The summed E-state index contributed by atoms with van der Waals surface area (Å²) in [6.45, 7) is 3.61. The van der Waals surface area contributed by atoms with Crippen LogP contribution in [-0.4, -0.2) is 37.6 Å². The molecule has 0 saturated heterocycles. The van der Waals surface area contributed by atoms with Crippen LogP contribution < -0.4 is 5.32 Å². The van der Waals surface area contributed by atoms with E-state index in [1.807, 2.05) is 20.0 Å². The lowest BCUT2D eigenvalue weighted by molar-refractivity contribution is 0.271. The summed E-state index contributed by atoms with van der Waals surface area (Å²) in [7, 11) is 3.88. The third-order valence-corrected chi connectivity index (χ3v) is 3.01. The molecule has 0 heterocycles. The van der Waals surface area contributed by atoms with E-state index < -0.39 is 5.54 Å². The smallest absolute Gasteiger partial charge is 0.116 e. The van der Waals surface area contributed by atoms with Crippen LogP contribution in [0, 0.1) is 11.3 Å². The average Bonchev–Trinajstić information content (AvgIpc) is 2.37. The Balaban J connectivity index is 2.41. The molecule has 0 spiro atoms. The summed E-state index contributed by atoms with van der Waals surface area (Å²) in [6, 6.07) is 12.7. The zero-order chi connectivity index (χ0) is 12.7. The van der Waals surface area contributed by atoms with Crippen molar-refractivity contribution >= 4 is 0 Å². The van der Waals surface area contributed by atoms with Crippen LogP contribution in [0.4, 0.5) is 0 Å². The van der Waals surface area contributed by atoms with Crippen molar-refractivity contribution in [3.63, 3.8) is 0 Å². The maximum Gasteiger partial charge on any atom is 0.116 e. The first-order chi connectivity index (χ1) is 8.09. The van der Waals surface area contributed by atoms with Gasteiger partial charge in [0.15, 0.2) is 0 Å². The van der Waals surface area contributed by atoms with Gasteiger partial charge in [-0.3, -0.25) is 0 Å². The van der Waals surface area contributed by atoms with Crippen LogP contribution in [0.2, 0.25) is 0 Å². The Bertz CT molecular complexity index is 369. The van der Waals surface area contributed by atoms with Crippen molar-refractivity contribution in [2.45, 2.75) is 18.9 Å². The van der Waals surface area contributed by atoms with Crippen LogP contribution in [-0.2, 0) is 6.42 Å². The lowest BCUT2D eigenvalue weighted by Crippen LogP contribution is -2.48. The fourth-order valence-electron chi connectivity index (χ4n) is 1.75. The molecule has 0 aliphatic rings. The maximum absolute atomic E-state index is 9.08. The highest BCUT2D eigenvalue weighted by Crippen LogP contribution is 2.05. The Hall–Kier alpha value is -1.37. The first-order valence-electron chi connectivity index (χ1n) is 5.92. The third-order valence-electron chi connectivity index (χ3n) is 3.01. The van der Waals surface area contributed by atoms with Crippen LogP contribution >= 0.6 is 0 Å². The second kappa shape index (κ2) is 6.39. The summed E-state index contributed by atoms with van der Waals surface area (Å²) in [5.41, 5.74) is 0.869. The molecule has 0 aromatic heterocycles. The summed E-state index contributed by atoms with van der Waals surface area (Å²) < 4.78 is 0. The molecular formula is C14H21N3. The number of hydrogen-bond acceptors (Lipinski definition) is 3. The fourth-order valence-corrected chi connectivity index (χ4v) is 1.75. The molecule has 92 valence electrons. The Kier molecular flexibility index (Phi) is 5.14. The zero-order valence-corrected chi connectivity index (χ0v) is 10.9. The molecule has 1 aromatic carbocycles. The van der Waals surface area contributed by atoms with Gasteiger partial charge in [-0.15, -0.1) is 0 Å². The van der Waals surface area contributed by atoms with E-state index in [9.17, 15) is 0 Å². The molecule has 0 aliphatic heterocycles. The Labute approximate surface area is 104 Å². The molecule has 0 radical (unpaired) electrons. The monoisotopic (exact) mass is 231 g/mol. The molecule has 0 bridgehead atoms. The van der Waals surface area contributed by atoms with Crippen LogP contribution in [0.1, 0.15) is 12.5 Å². The normalized spacial score (nSPS) is 14.3. The fraction of sp³-hybridized carbons (Fsp3) is 0.500. The molecule has 3 nitrogen and oxygen atoms in total. The van der Waals surface area contributed by atoms with Gasteiger partial charge in [0.1, 0.15) is 5.54 Å². The SMILES string of the molecule is CNC(C)(C#N)CN(C)CCc1ccccc1. The molecule has 3 heteroatoms. The predicted octanol–water partition coefficient (Wildman–Crippen LogP) is 1.66. The highest BCUT2D eigenvalue weighted by Gasteiger charge is 2.22. The van der Waals surface area contributed by atoms with Crippen molar-refractivity contribution in [2.75, 3.05) is 27.2 Å². The molecular weight excluding hydrogens is 210 g/mol. The molecule has 0 saturated carbocycles. The number of nitrogens with one attached hydrogen (secondary N) is 1. The Morgan fingerprint density at radius 2 is 2.00 bits per heavy atom. The summed E-state index contributed by atoms with van der Waals surface area (Å²) >= 11 is 0. The number of rotatable bonds is 6. The topological polar surface area (TPSA) is 39.1 Å². The van der Waals surface area contributed by atoms with E-state index in [4.69, 9.17) is 5.26 Å². The third kappa shape index (κ3) is 4.56. The van der Waals surface area contributed by atoms with E-state index in [1.54, 1.807) is 0 Å². The average molecular weight is 231 g/mol. The first kappa shape index (κ1) is 13.7. The van der Waals surface area contributed by atoms with Gasteiger partial charge >= 0.3 is 0 Å². The molecule has 0 amide bonds. The minimum Gasteiger partial charge on any atom is -0.303 e. The van der Waals surface area contributed by atoms with Crippen molar-refractivity contribution in [1.82, 2.24) is 10.2 Å². The van der Waals surface area contributed by atoms with E-state index in [0.29, 0.717) is 0 Å². The predicted molar refractivity (Wildman–Crippen MR) is 70.7 cm³/mol. The molecule has 1 rings (SSSR count). The van der Waals surface area contributed by atoms with E-state index >= 15 is 0 Å². The van der Waals surface area contributed by atoms with Gasteiger partial charge < -0.3 is 10.2 Å². The van der Waals surface area contributed by atoms with Crippen molar-refractivity contribution in [2.24, 2.45) is 0 Å². The number of nitriles is 1. The van der Waals surface area contributed by atoms with Gasteiger partial charge in [0.25, 0.3) is 0 Å². The van der Waals surface area contributed by atoms with Gasteiger partial charge in [0.2, 0.25) is 0 Å². The van der Waals surface area contributed by atoms with Crippen LogP contribution in [0.5, 0.6) is 0 Å². The van der Waals surface area contributed by atoms with E-state index in [0.717, 1.165) is 19.5 Å². The minimum atomic E-state index is -0.467. The quantitative estimate of drug-likeness (QED) is 0.809. The van der Waals surface area contributed by atoms with Gasteiger partial charge in [-0.1, -0.05) is 30.3 Å². The molecule has 0 aliphatic carbocycles. The minimum absolute atomic E-state index is 0.467. The van der Waals surface area contributed by atoms with Gasteiger partial charge in [-0.2, -0.15) is 5.26 Å². The largest absolute Gasteiger partial charge is 0.303 e. The van der Waals surface area contributed by atoms with Crippen LogP contribution in [0.3, 0.4) is 0 Å². The Morgan fingerprint density at radius 1 is 1.35 bits per heavy atom. The summed E-state index contributed by atoms with van der Waals surface area (Å²) in [6.07, 6.45) is 1.02. The highest BCUT2D eigenvalue weighted by molar-refractivity contribution is 5.15. The second-order valence-corrected chi connectivity index (χ2v) is 4.67. The lowest BCUT2D eigenvalue weighted by Gasteiger charge is -2.27. The van der Waals surface area contributed by atoms with Crippen molar-refractivity contribution in [1.29, 1.82) is 5.26 Å². The van der Waals surface area contributed by atoms with E-state index in [2.05, 4.69) is 47.6 Å². The van der Waals surface area contributed by atoms with Gasteiger partial charge in [0.05, 0.1) is 6.07 Å². The summed E-state index contributed by atoms with van der Waals surface area (Å²) in [4.78, 5) is 2.19. The Morgan fingerprint density at radius 3 is 2.53 bits per heavy atom. The number of likely N-dealkylation sites (N-methyl/N-ethyl adjacent to an activating group) is 2. The zero-order valence-electron chi connectivity index (χ0n) is 10.9. The molecule has 1 unspecified atom stereocenters. The molecule has 1 N–H and O–H groups in total. The van der Waals surface area contributed by atoms with Gasteiger partial charge in [-0.25, -0.2) is 0 Å². The van der Waals surface area contributed by atoms with Crippen molar-refractivity contribution < 1.29 is 0 Å². The summed E-state index contributed by atoms with van der Waals surface area (Å²) in [5, 5.41) is 12.1. The van der Waals surface area contributed by atoms with Crippen LogP contribution in [0.25, 0.3) is 0 Å². The van der Waals surface area contributed by atoms with Gasteiger partial charge in [0, 0.05) is 13.1 Å². The number of nitrogens with zero attached hydrogens (tertiary/aromatic N) is 2. The van der Waals surface area contributed by atoms with Crippen molar-refractivity contribution in [3.05, 3.63) is 35.9 Å². The molecule has 1 atom stereocenters. The lowest BCUT2D eigenvalue weighted by atomic mass is 10.0. The maximum atomic E-state index is 9.08. The second-order valence-electron chi connectivity index (χ2n) is 4.67. The number of hydrogen-bond donors (Lipinski definition) is 1. The van der Waals surface area contributed by atoms with Crippen molar-refractivity contribution in [3.8, 4) is 6.07 Å². The standard InChI is InChI=1S/C14H21N3/c1-14(11-15,16-2)12-17(3)10-9-13-7-5-4-6-8-13/h4-8,16H,9-10,12H2,1-3H3. The first-order valence-corrected chi connectivity index (χ1v) is 5.92. The molecule has 1 aromatic rings. The molecule has 0 fully saturated rings. The summed E-state index contributed by atoms with van der Waals surface area (Å²) in [5.74, 6) is 0. The van der Waals surface area contributed by atoms with E-state index in [1.165, 1.54) is 5.56 Å². The van der Waals surface area contributed by atoms with E-state index in [-0.39, 0.29) is 0 Å². The van der Waals surface area contributed by atoms with Crippen LogP contribution in [0.15, 0.2) is 30.3 Å².